The monoisotopic (exact) mass is 380 g/mol. The van der Waals surface area contributed by atoms with Crippen molar-refractivity contribution in [3.05, 3.63) is 54.0 Å². The number of thioether (sulfide) groups is 1. The fourth-order valence-electron chi connectivity index (χ4n) is 2.76. The van der Waals surface area contributed by atoms with Crippen molar-refractivity contribution in [3.63, 3.8) is 0 Å². The molecule has 1 aromatic carbocycles. The van der Waals surface area contributed by atoms with Crippen LogP contribution in [0.1, 0.15) is 37.1 Å². The summed E-state index contributed by atoms with van der Waals surface area (Å²) in [6, 6.07) is 11.6. The van der Waals surface area contributed by atoms with E-state index < -0.39 is 0 Å². The molecule has 1 amide bonds. The van der Waals surface area contributed by atoms with Crippen molar-refractivity contribution < 1.29 is 9.32 Å². The van der Waals surface area contributed by atoms with Gasteiger partial charge >= 0.3 is 0 Å². The van der Waals surface area contributed by atoms with Gasteiger partial charge in [-0.25, -0.2) is 4.98 Å². The Morgan fingerprint density at radius 3 is 2.96 bits per heavy atom. The number of anilines is 1. The number of benzene rings is 1. The van der Waals surface area contributed by atoms with Gasteiger partial charge < -0.3 is 9.84 Å². The second-order valence-corrected chi connectivity index (χ2v) is 7.46. The molecule has 4 rings (SSSR count). The first-order chi connectivity index (χ1) is 13.2. The molecule has 2 aromatic heterocycles. The van der Waals surface area contributed by atoms with Gasteiger partial charge in [0, 0.05) is 23.4 Å². The number of carbonyl (C=O) groups excluding carboxylic acids is 1. The number of hydrogen-bond donors (Lipinski definition) is 1. The Labute approximate surface area is 161 Å². The molecule has 0 spiro atoms. The van der Waals surface area contributed by atoms with Crippen LogP contribution in [-0.4, -0.2) is 26.8 Å². The van der Waals surface area contributed by atoms with Crippen LogP contribution in [0, 0.1) is 0 Å². The standard InChI is InChI=1S/C20H20N4O2S/c1-2-13-5-3-4-6-16(13)22-17(25)12-27-18-11-15(9-10-21-18)20-23-19(24-26-20)14-7-8-14/h3-6,9-11,14H,2,7-8,12H2,1H3,(H,22,25). The molecule has 0 unspecified atom stereocenters. The molecule has 1 aliphatic rings. The summed E-state index contributed by atoms with van der Waals surface area (Å²) in [6.07, 6.45) is 4.84. The van der Waals surface area contributed by atoms with Crippen LogP contribution < -0.4 is 5.32 Å². The number of hydrogen-bond acceptors (Lipinski definition) is 6. The Morgan fingerprint density at radius 1 is 1.30 bits per heavy atom. The van der Waals surface area contributed by atoms with E-state index >= 15 is 0 Å². The molecule has 2 heterocycles. The van der Waals surface area contributed by atoms with E-state index in [4.69, 9.17) is 4.52 Å². The van der Waals surface area contributed by atoms with Gasteiger partial charge in [0.2, 0.25) is 5.91 Å². The van der Waals surface area contributed by atoms with Crippen LogP contribution in [0.15, 0.2) is 52.1 Å². The first-order valence-corrected chi connectivity index (χ1v) is 10.0. The highest BCUT2D eigenvalue weighted by molar-refractivity contribution is 7.99. The average Bonchev–Trinajstić information content (AvgIpc) is 3.44. The zero-order valence-electron chi connectivity index (χ0n) is 15.0. The number of aromatic nitrogens is 3. The molecule has 0 radical (unpaired) electrons. The first-order valence-electron chi connectivity index (χ1n) is 9.03. The van der Waals surface area contributed by atoms with Crippen molar-refractivity contribution in [2.75, 3.05) is 11.1 Å². The van der Waals surface area contributed by atoms with Gasteiger partial charge in [-0.1, -0.05) is 42.0 Å². The Morgan fingerprint density at radius 2 is 2.15 bits per heavy atom. The minimum Gasteiger partial charge on any atom is -0.334 e. The van der Waals surface area contributed by atoms with Crippen LogP contribution in [0.4, 0.5) is 5.69 Å². The first kappa shape index (κ1) is 17.7. The smallest absolute Gasteiger partial charge is 0.258 e. The van der Waals surface area contributed by atoms with E-state index in [0.29, 0.717) is 11.8 Å². The maximum absolute atomic E-state index is 12.3. The van der Waals surface area contributed by atoms with Crippen molar-refractivity contribution in [1.29, 1.82) is 0 Å². The lowest BCUT2D eigenvalue weighted by atomic mass is 10.1. The van der Waals surface area contributed by atoms with E-state index in [1.807, 2.05) is 36.4 Å². The number of nitrogens with zero attached hydrogens (tertiary/aromatic N) is 3. The van der Waals surface area contributed by atoms with Crippen molar-refractivity contribution in [2.45, 2.75) is 37.1 Å². The number of amides is 1. The van der Waals surface area contributed by atoms with Crippen LogP contribution in [0.3, 0.4) is 0 Å². The second kappa shape index (κ2) is 7.92. The number of carbonyl (C=O) groups is 1. The van der Waals surface area contributed by atoms with E-state index in [-0.39, 0.29) is 11.7 Å². The summed E-state index contributed by atoms with van der Waals surface area (Å²) in [5, 5.41) is 7.76. The van der Waals surface area contributed by atoms with Gasteiger partial charge in [0.05, 0.1) is 10.8 Å². The summed E-state index contributed by atoms with van der Waals surface area (Å²) in [7, 11) is 0. The third-order valence-electron chi connectivity index (χ3n) is 4.39. The molecular weight excluding hydrogens is 360 g/mol. The highest BCUT2D eigenvalue weighted by Crippen LogP contribution is 2.39. The second-order valence-electron chi connectivity index (χ2n) is 6.46. The van der Waals surface area contributed by atoms with E-state index in [1.54, 1.807) is 6.20 Å². The van der Waals surface area contributed by atoms with Crippen LogP contribution in [-0.2, 0) is 11.2 Å². The molecule has 0 aliphatic heterocycles. The van der Waals surface area contributed by atoms with E-state index in [1.165, 1.54) is 11.8 Å². The van der Waals surface area contributed by atoms with Gasteiger partial charge in [-0.15, -0.1) is 0 Å². The van der Waals surface area contributed by atoms with Crippen LogP contribution >= 0.6 is 11.8 Å². The number of para-hydroxylation sites is 1. The lowest BCUT2D eigenvalue weighted by Gasteiger charge is -2.09. The van der Waals surface area contributed by atoms with Gasteiger partial charge in [0.25, 0.3) is 5.89 Å². The molecule has 3 aromatic rings. The lowest BCUT2D eigenvalue weighted by molar-refractivity contribution is -0.113. The largest absolute Gasteiger partial charge is 0.334 e. The van der Waals surface area contributed by atoms with Gasteiger partial charge in [0.15, 0.2) is 5.82 Å². The molecule has 0 atom stereocenters. The van der Waals surface area contributed by atoms with Gasteiger partial charge in [-0.3, -0.25) is 4.79 Å². The maximum Gasteiger partial charge on any atom is 0.258 e. The van der Waals surface area contributed by atoms with Crippen molar-refractivity contribution in [1.82, 2.24) is 15.1 Å². The third-order valence-corrected chi connectivity index (χ3v) is 5.32. The zero-order valence-corrected chi connectivity index (χ0v) is 15.8. The molecule has 0 bridgehead atoms. The highest BCUT2D eigenvalue weighted by Gasteiger charge is 2.29. The minimum atomic E-state index is -0.0538. The Balaban J connectivity index is 1.38. The molecular formula is C20H20N4O2S. The number of aryl methyl sites for hydroxylation is 1. The van der Waals surface area contributed by atoms with Crippen LogP contribution in [0.2, 0.25) is 0 Å². The van der Waals surface area contributed by atoms with Gasteiger partial charge in [0.1, 0.15) is 0 Å². The number of pyridine rings is 1. The normalized spacial score (nSPS) is 13.5. The summed E-state index contributed by atoms with van der Waals surface area (Å²) in [4.78, 5) is 21.1. The van der Waals surface area contributed by atoms with E-state index in [0.717, 1.165) is 46.9 Å². The Hall–Kier alpha value is -2.67. The molecule has 7 heteroatoms. The lowest BCUT2D eigenvalue weighted by Crippen LogP contribution is -2.15. The SMILES string of the molecule is CCc1ccccc1NC(=O)CSc1cc(-c2nc(C3CC3)no2)ccn1. The fourth-order valence-corrected chi connectivity index (χ4v) is 3.45. The van der Waals surface area contributed by atoms with Crippen LogP contribution in [0.5, 0.6) is 0 Å². The minimum absolute atomic E-state index is 0.0538. The van der Waals surface area contributed by atoms with E-state index in [2.05, 4.69) is 27.4 Å². The summed E-state index contributed by atoms with van der Waals surface area (Å²) in [5.41, 5.74) is 2.81. The third kappa shape index (κ3) is 4.36. The van der Waals surface area contributed by atoms with Crippen molar-refractivity contribution in [2.24, 2.45) is 0 Å². The van der Waals surface area contributed by atoms with Crippen molar-refractivity contribution >= 4 is 23.4 Å². The topological polar surface area (TPSA) is 80.9 Å². The van der Waals surface area contributed by atoms with Crippen LogP contribution in [0.25, 0.3) is 11.5 Å². The molecule has 138 valence electrons. The molecule has 1 fully saturated rings. The molecule has 27 heavy (non-hydrogen) atoms. The van der Waals surface area contributed by atoms with Crippen molar-refractivity contribution in [3.8, 4) is 11.5 Å². The quantitative estimate of drug-likeness (QED) is 0.616. The molecule has 1 aliphatic carbocycles. The number of rotatable bonds is 7. The summed E-state index contributed by atoms with van der Waals surface area (Å²) in [6.45, 7) is 2.07. The molecule has 6 nitrogen and oxygen atoms in total. The predicted molar refractivity (Wildman–Crippen MR) is 105 cm³/mol. The zero-order chi connectivity index (χ0) is 18.6. The highest BCUT2D eigenvalue weighted by atomic mass is 32.2. The predicted octanol–water partition coefficient (Wildman–Crippen LogP) is 4.30. The summed E-state index contributed by atoms with van der Waals surface area (Å²) >= 11 is 1.38. The Kier molecular flexibility index (Phi) is 5.20. The summed E-state index contributed by atoms with van der Waals surface area (Å²) in [5.74, 6) is 1.97. The Bertz CT molecular complexity index is 952. The molecule has 1 saturated carbocycles. The van der Waals surface area contributed by atoms with Gasteiger partial charge in [-0.2, -0.15) is 4.98 Å². The summed E-state index contributed by atoms with van der Waals surface area (Å²) < 4.78 is 5.36. The van der Waals surface area contributed by atoms with E-state index in [9.17, 15) is 4.79 Å². The number of nitrogens with one attached hydrogen (secondary N) is 1. The average molecular weight is 380 g/mol. The maximum atomic E-state index is 12.3. The molecule has 1 N–H and O–H groups in total. The fraction of sp³-hybridized carbons (Fsp3) is 0.300. The van der Waals surface area contributed by atoms with Gasteiger partial charge in [-0.05, 0) is 43.0 Å². The molecule has 0 saturated heterocycles.